The van der Waals surface area contributed by atoms with Gasteiger partial charge < -0.3 is 19.7 Å². The third kappa shape index (κ3) is 7.40. The fourth-order valence-corrected chi connectivity index (χ4v) is 4.38. The van der Waals surface area contributed by atoms with Crippen LogP contribution in [0.5, 0.6) is 11.5 Å². The molecule has 2 aromatic carbocycles. The van der Waals surface area contributed by atoms with Gasteiger partial charge in [0, 0.05) is 21.2 Å². The van der Waals surface area contributed by atoms with Crippen LogP contribution in [-0.4, -0.2) is 38.7 Å². The lowest BCUT2D eigenvalue weighted by atomic mass is 9.96. The summed E-state index contributed by atoms with van der Waals surface area (Å²) in [5.41, 5.74) is 2.98. The van der Waals surface area contributed by atoms with Gasteiger partial charge in [-0.25, -0.2) is 0 Å². The molecule has 0 radical (unpaired) electrons. The van der Waals surface area contributed by atoms with Crippen molar-refractivity contribution in [2.75, 3.05) is 18.9 Å². The van der Waals surface area contributed by atoms with Gasteiger partial charge in [-0.1, -0.05) is 68.9 Å². The third-order valence-corrected chi connectivity index (χ3v) is 6.12. The SMILES string of the molecule is CC(C)c1cc(Cc2c(Br)cc(OCC(=O)NCCS(=O)[O-])cc2Br)ccc1O. The summed E-state index contributed by atoms with van der Waals surface area (Å²) < 4.78 is 28.1. The van der Waals surface area contributed by atoms with E-state index in [4.69, 9.17) is 4.74 Å². The molecular weight excluding hydrogens is 526 g/mol. The molecule has 0 fully saturated rings. The van der Waals surface area contributed by atoms with Crippen LogP contribution in [0.4, 0.5) is 0 Å². The Hall–Kier alpha value is -1.42. The number of phenolic OH excluding ortho intramolecular Hbond substituents is 1. The summed E-state index contributed by atoms with van der Waals surface area (Å²) in [5.74, 6) is 0.497. The first-order valence-electron chi connectivity index (χ1n) is 8.92. The number of amides is 1. The van der Waals surface area contributed by atoms with Gasteiger partial charge in [0.2, 0.25) is 0 Å². The molecular formula is C20H22Br2NO5S-. The van der Waals surface area contributed by atoms with Crippen LogP contribution < -0.4 is 10.1 Å². The molecule has 2 N–H and O–H groups in total. The standard InChI is InChI=1S/C20H23Br2NO5S/c1-12(2)15-7-13(3-4-19(15)24)8-16-17(21)9-14(10-18(16)22)28-11-20(25)23-5-6-29(26)27/h3-4,7,9-10,12,24H,5-6,8,11H2,1-2H3,(H,23,25)(H,26,27)/p-1. The molecule has 0 bridgehead atoms. The van der Waals surface area contributed by atoms with Gasteiger partial charge in [0.25, 0.3) is 5.91 Å². The average Bonchev–Trinajstić information content (AvgIpc) is 2.63. The number of hydrogen-bond acceptors (Lipinski definition) is 5. The van der Waals surface area contributed by atoms with Crippen molar-refractivity contribution in [1.29, 1.82) is 0 Å². The fourth-order valence-electron chi connectivity index (χ4n) is 2.69. The normalized spacial score (nSPS) is 12.1. The molecule has 29 heavy (non-hydrogen) atoms. The Morgan fingerprint density at radius 1 is 1.24 bits per heavy atom. The Kier molecular flexibility index (Phi) is 9.13. The second-order valence-corrected chi connectivity index (χ2v) is 9.46. The van der Waals surface area contributed by atoms with Crippen LogP contribution in [-0.2, 0) is 22.3 Å². The Morgan fingerprint density at radius 2 is 1.90 bits per heavy atom. The van der Waals surface area contributed by atoms with Crippen LogP contribution >= 0.6 is 31.9 Å². The van der Waals surface area contributed by atoms with Crippen molar-refractivity contribution in [2.24, 2.45) is 0 Å². The number of halogens is 2. The first-order chi connectivity index (χ1) is 13.7. The Labute approximate surface area is 189 Å². The number of aromatic hydroxyl groups is 1. The van der Waals surface area contributed by atoms with E-state index >= 15 is 0 Å². The van der Waals surface area contributed by atoms with Crippen molar-refractivity contribution < 1.29 is 23.4 Å². The van der Waals surface area contributed by atoms with Gasteiger partial charge in [-0.05, 0) is 47.2 Å². The zero-order chi connectivity index (χ0) is 21.6. The van der Waals surface area contributed by atoms with Crippen molar-refractivity contribution in [3.8, 4) is 11.5 Å². The van der Waals surface area contributed by atoms with Gasteiger partial charge in [0.05, 0.1) is 0 Å². The predicted octanol–water partition coefficient (Wildman–Crippen LogP) is 4.01. The van der Waals surface area contributed by atoms with Crippen LogP contribution in [0, 0.1) is 0 Å². The minimum absolute atomic E-state index is 0.0512. The number of ether oxygens (including phenoxy) is 1. The molecule has 0 spiro atoms. The lowest BCUT2D eigenvalue weighted by Gasteiger charge is -2.14. The number of carbonyl (C=O) groups is 1. The molecule has 0 heterocycles. The zero-order valence-corrected chi connectivity index (χ0v) is 20.0. The van der Waals surface area contributed by atoms with Gasteiger partial charge in [-0.15, -0.1) is 0 Å². The maximum atomic E-state index is 11.7. The van der Waals surface area contributed by atoms with E-state index in [9.17, 15) is 18.7 Å². The van der Waals surface area contributed by atoms with E-state index in [0.717, 1.165) is 25.6 Å². The van der Waals surface area contributed by atoms with E-state index in [2.05, 4.69) is 37.2 Å². The maximum absolute atomic E-state index is 11.7. The van der Waals surface area contributed by atoms with Crippen molar-refractivity contribution >= 4 is 48.8 Å². The van der Waals surface area contributed by atoms with Crippen LogP contribution in [0.15, 0.2) is 39.3 Å². The van der Waals surface area contributed by atoms with E-state index < -0.39 is 17.0 Å². The average molecular weight is 548 g/mol. The van der Waals surface area contributed by atoms with Crippen LogP contribution in [0.2, 0.25) is 0 Å². The number of carbonyl (C=O) groups excluding carboxylic acids is 1. The fraction of sp³-hybridized carbons (Fsp3) is 0.350. The van der Waals surface area contributed by atoms with E-state index in [1.165, 1.54) is 0 Å². The van der Waals surface area contributed by atoms with E-state index in [1.54, 1.807) is 18.2 Å². The van der Waals surface area contributed by atoms with Crippen molar-refractivity contribution in [3.63, 3.8) is 0 Å². The molecule has 0 aliphatic heterocycles. The highest BCUT2D eigenvalue weighted by molar-refractivity contribution is 9.11. The number of phenols is 1. The third-order valence-electron chi connectivity index (χ3n) is 4.17. The predicted molar refractivity (Wildman–Crippen MR) is 119 cm³/mol. The first-order valence-corrected chi connectivity index (χ1v) is 11.8. The van der Waals surface area contributed by atoms with Gasteiger partial charge in [-0.3, -0.25) is 9.00 Å². The number of nitrogens with one attached hydrogen (secondary N) is 1. The Bertz CT molecular complexity index is 881. The highest BCUT2D eigenvalue weighted by Crippen LogP contribution is 2.34. The Morgan fingerprint density at radius 3 is 2.48 bits per heavy atom. The zero-order valence-electron chi connectivity index (χ0n) is 16.0. The van der Waals surface area contributed by atoms with Gasteiger partial charge in [-0.2, -0.15) is 0 Å². The lowest BCUT2D eigenvalue weighted by Crippen LogP contribution is -2.31. The topological polar surface area (TPSA) is 98.7 Å². The summed E-state index contributed by atoms with van der Waals surface area (Å²) >= 11 is 4.92. The molecule has 2 aromatic rings. The highest BCUT2D eigenvalue weighted by Gasteiger charge is 2.13. The molecule has 2 rings (SSSR count). The van der Waals surface area contributed by atoms with Crippen LogP contribution in [0.1, 0.15) is 36.5 Å². The van der Waals surface area contributed by atoms with E-state index in [-0.39, 0.29) is 24.8 Å². The summed E-state index contributed by atoms with van der Waals surface area (Å²) in [6, 6.07) is 9.17. The highest BCUT2D eigenvalue weighted by atomic mass is 79.9. The molecule has 1 unspecified atom stereocenters. The van der Waals surface area contributed by atoms with Gasteiger partial charge >= 0.3 is 0 Å². The number of benzene rings is 2. The van der Waals surface area contributed by atoms with Crippen molar-refractivity contribution in [2.45, 2.75) is 26.2 Å². The molecule has 9 heteroatoms. The first kappa shape index (κ1) is 23.9. The summed E-state index contributed by atoms with van der Waals surface area (Å²) in [4.78, 5) is 11.7. The summed E-state index contributed by atoms with van der Waals surface area (Å²) in [6.45, 7) is 3.91. The summed E-state index contributed by atoms with van der Waals surface area (Å²) in [6.07, 6.45) is 0.647. The van der Waals surface area contributed by atoms with Gasteiger partial charge in [0.1, 0.15) is 11.5 Å². The summed E-state index contributed by atoms with van der Waals surface area (Å²) in [5, 5.41) is 12.5. The second kappa shape index (κ2) is 11.1. The summed E-state index contributed by atoms with van der Waals surface area (Å²) in [7, 11) is 0. The molecule has 0 aliphatic rings. The monoisotopic (exact) mass is 546 g/mol. The quantitative estimate of drug-likeness (QED) is 0.462. The van der Waals surface area contributed by atoms with Crippen LogP contribution in [0.3, 0.4) is 0 Å². The molecule has 1 amide bonds. The second-order valence-electron chi connectivity index (χ2n) is 6.74. The van der Waals surface area contributed by atoms with Gasteiger partial charge in [0.15, 0.2) is 6.61 Å². The molecule has 6 nitrogen and oxygen atoms in total. The van der Waals surface area contributed by atoms with E-state index in [0.29, 0.717) is 17.9 Å². The largest absolute Gasteiger partial charge is 0.772 e. The maximum Gasteiger partial charge on any atom is 0.257 e. The molecule has 1 atom stereocenters. The molecule has 158 valence electrons. The molecule has 0 saturated heterocycles. The molecule has 0 saturated carbocycles. The number of hydrogen-bond donors (Lipinski definition) is 2. The van der Waals surface area contributed by atoms with Crippen LogP contribution in [0.25, 0.3) is 0 Å². The molecule has 0 aromatic heterocycles. The van der Waals surface area contributed by atoms with Crippen molar-refractivity contribution in [3.05, 3.63) is 56.0 Å². The molecule has 0 aliphatic carbocycles. The lowest BCUT2D eigenvalue weighted by molar-refractivity contribution is -0.122. The minimum atomic E-state index is -2.19. The smallest absolute Gasteiger partial charge is 0.257 e. The number of rotatable bonds is 9. The van der Waals surface area contributed by atoms with E-state index in [1.807, 2.05) is 26.0 Å². The minimum Gasteiger partial charge on any atom is -0.772 e. The Balaban J connectivity index is 2.05. The van der Waals surface area contributed by atoms with Crippen molar-refractivity contribution in [1.82, 2.24) is 5.32 Å².